The maximum atomic E-state index is 6.34. The number of nitrogens with two attached hydrogens (primary N) is 1. The number of allylic oxidation sites excluding steroid dienone is 3. The molecule has 31 heavy (non-hydrogen) atoms. The van der Waals surface area contributed by atoms with Crippen LogP contribution < -0.4 is 21.3 Å². The van der Waals surface area contributed by atoms with E-state index in [0.717, 1.165) is 31.7 Å². The van der Waals surface area contributed by atoms with Gasteiger partial charge in [-0.2, -0.15) is 0 Å². The van der Waals surface area contributed by atoms with Crippen molar-refractivity contribution in [3.05, 3.63) is 23.3 Å². The molecule has 0 radical (unpaired) electrons. The number of rotatable bonds is 5. The number of quaternary nitrogens is 1. The number of likely N-dealkylation sites (N-methyl/N-ethyl adjacent to an activating group) is 1. The third kappa shape index (κ3) is 4.17. The zero-order chi connectivity index (χ0) is 22.4. The zero-order valence-electron chi connectivity index (χ0n) is 20.9. The molecule has 4 rings (SSSR count). The Kier molecular flexibility index (Phi) is 6.73. The minimum atomic E-state index is 0.0800. The summed E-state index contributed by atoms with van der Waals surface area (Å²) in [4.78, 5) is 4.08. The molecule has 2 aliphatic heterocycles. The highest BCUT2D eigenvalue weighted by Crippen LogP contribution is 2.61. The molecule has 0 aromatic carbocycles. The molecule has 5 heteroatoms. The highest BCUT2D eigenvalue weighted by Gasteiger charge is 2.53. The van der Waals surface area contributed by atoms with Crippen molar-refractivity contribution < 1.29 is 4.90 Å². The van der Waals surface area contributed by atoms with Gasteiger partial charge in [-0.3, -0.25) is 10.6 Å². The fourth-order valence-electron chi connectivity index (χ4n) is 7.54. The van der Waals surface area contributed by atoms with Crippen molar-refractivity contribution in [3.8, 4) is 0 Å². The van der Waals surface area contributed by atoms with E-state index in [9.17, 15) is 0 Å². The van der Waals surface area contributed by atoms with E-state index in [1.165, 1.54) is 43.4 Å². The normalized spacial score (nSPS) is 46.4. The summed E-state index contributed by atoms with van der Waals surface area (Å²) in [6.07, 6.45) is 13.5. The monoisotopic (exact) mass is 430 g/mol. The summed E-state index contributed by atoms with van der Waals surface area (Å²) in [7, 11) is 2.27. The second-order valence-corrected chi connectivity index (χ2v) is 11.8. The molecule has 0 spiro atoms. The lowest BCUT2D eigenvalue weighted by atomic mass is 9.47. The zero-order valence-corrected chi connectivity index (χ0v) is 20.9. The van der Waals surface area contributed by atoms with Gasteiger partial charge in [-0.15, -0.1) is 0 Å². The topological polar surface area (TPSA) is 57.8 Å². The molecule has 5 nitrogen and oxygen atoms in total. The van der Waals surface area contributed by atoms with Crippen molar-refractivity contribution in [1.29, 1.82) is 0 Å². The highest BCUT2D eigenvalue weighted by molar-refractivity contribution is 5.21. The maximum absolute atomic E-state index is 6.34. The first-order valence-corrected chi connectivity index (χ1v) is 12.8. The molecule has 0 aromatic heterocycles. The van der Waals surface area contributed by atoms with Crippen LogP contribution in [0.5, 0.6) is 0 Å². The van der Waals surface area contributed by atoms with Crippen molar-refractivity contribution in [2.45, 2.75) is 91.5 Å². The lowest BCUT2D eigenvalue weighted by Gasteiger charge is -2.58. The summed E-state index contributed by atoms with van der Waals surface area (Å²) in [6, 6.07) is 0.421. The molecule has 3 fully saturated rings. The third-order valence-corrected chi connectivity index (χ3v) is 10.1. The number of hydrogen-bond donors (Lipinski definition) is 4. The molecule has 0 amide bonds. The van der Waals surface area contributed by atoms with Crippen molar-refractivity contribution >= 4 is 0 Å². The molecular formula is C26H48N5+. The van der Waals surface area contributed by atoms with Crippen LogP contribution in [0.4, 0.5) is 0 Å². The Balaban J connectivity index is 1.39. The lowest BCUT2D eigenvalue weighted by Crippen LogP contribution is -3.14. The Morgan fingerprint density at radius 1 is 1.32 bits per heavy atom. The number of hydrogen-bond acceptors (Lipinski definition) is 4. The quantitative estimate of drug-likeness (QED) is 0.506. The van der Waals surface area contributed by atoms with Crippen LogP contribution in [-0.2, 0) is 0 Å². The van der Waals surface area contributed by atoms with Crippen molar-refractivity contribution in [2.24, 2.45) is 28.4 Å². The Morgan fingerprint density at radius 3 is 2.87 bits per heavy atom. The summed E-state index contributed by atoms with van der Waals surface area (Å²) in [6.45, 7) is 15.4. The molecule has 2 heterocycles. The summed E-state index contributed by atoms with van der Waals surface area (Å²) in [5.41, 5.74) is 10.4. The number of nitrogens with zero attached hydrogens (tertiary/aromatic N) is 1. The van der Waals surface area contributed by atoms with Gasteiger partial charge in [0.1, 0.15) is 25.0 Å². The van der Waals surface area contributed by atoms with E-state index in [4.69, 9.17) is 5.73 Å². The Hall–Kier alpha value is -0.720. The number of nitrogens with one attached hydrogen (secondary N) is 3. The van der Waals surface area contributed by atoms with Gasteiger partial charge in [0.05, 0.1) is 7.05 Å². The molecule has 4 unspecified atom stereocenters. The van der Waals surface area contributed by atoms with Crippen LogP contribution >= 0.6 is 0 Å². The van der Waals surface area contributed by atoms with Crippen LogP contribution in [-0.4, -0.2) is 50.2 Å². The van der Waals surface area contributed by atoms with Crippen molar-refractivity contribution in [2.75, 3.05) is 26.9 Å². The molecule has 2 saturated heterocycles. The minimum Gasteiger partial charge on any atom is -0.318 e. The van der Waals surface area contributed by atoms with Gasteiger partial charge in [0.15, 0.2) is 0 Å². The molecule has 8 atom stereocenters. The molecule has 2 aliphatic carbocycles. The Morgan fingerprint density at radius 2 is 2.10 bits per heavy atom. The SMILES string of the molecule is CC(=CCN1C[NH+](C)C2C(N)NCNC21)CC[C@@]1(C)[C@H](C)CC[C@@]2(C)C(C)=CCC[C@H]12. The maximum Gasteiger partial charge on any atom is 0.146 e. The van der Waals surface area contributed by atoms with Gasteiger partial charge in [-0.1, -0.05) is 44.1 Å². The standard InChI is InChI=1S/C26H47N5/c1-18(12-15-31-17-30(6)22-23(27)28-16-29-24(22)31)10-13-25(4)20(3)11-14-26(5)19(2)8-7-9-21(25)26/h8,12,20-24,28-29H,7,9-11,13-17,27H2,1-6H3/p+1/t20-,21-,22?,23?,24?,25+,26+/m1/s1. The fourth-order valence-corrected chi connectivity index (χ4v) is 7.54. The molecule has 5 N–H and O–H groups in total. The van der Waals surface area contributed by atoms with Crippen molar-refractivity contribution in [1.82, 2.24) is 15.5 Å². The predicted octanol–water partition coefficient (Wildman–Crippen LogP) is 2.43. The first kappa shape index (κ1) is 23.4. The third-order valence-electron chi connectivity index (χ3n) is 10.1. The molecule has 0 aromatic rings. The predicted molar refractivity (Wildman–Crippen MR) is 129 cm³/mol. The van der Waals surface area contributed by atoms with E-state index < -0.39 is 0 Å². The largest absolute Gasteiger partial charge is 0.318 e. The summed E-state index contributed by atoms with van der Waals surface area (Å²) in [5, 5.41) is 6.99. The van der Waals surface area contributed by atoms with E-state index in [1.807, 2.05) is 0 Å². The van der Waals surface area contributed by atoms with Crippen LogP contribution in [0.2, 0.25) is 0 Å². The van der Waals surface area contributed by atoms with E-state index in [1.54, 1.807) is 11.1 Å². The van der Waals surface area contributed by atoms with Gasteiger partial charge in [-0.25, -0.2) is 4.90 Å². The van der Waals surface area contributed by atoms with Crippen LogP contribution in [0, 0.1) is 22.7 Å². The fraction of sp³-hybridized carbons (Fsp3) is 0.846. The Labute approximate surface area is 190 Å². The van der Waals surface area contributed by atoms with E-state index in [-0.39, 0.29) is 6.17 Å². The molecule has 1 saturated carbocycles. The summed E-state index contributed by atoms with van der Waals surface area (Å²) in [5.74, 6) is 1.65. The van der Waals surface area contributed by atoms with E-state index in [2.05, 4.69) is 69.4 Å². The van der Waals surface area contributed by atoms with Gasteiger partial charge in [0.2, 0.25) is 0 Å². The van der Waals surface area contributed by atoms with E-state index in [0.29, 0.717) is 23.0 Å². The average Bonchev–Trinajstić information content (AvgIpc) is 3.07. The highest BCUT2D eigenvalue weighted by atomic mass is 15.5. The van der Waals surface area contributed by atoms with Gasteiger partial charge in [0.25, 0.3) is 0 Å². The average molecular weight is 431 g/mol. The second-order valence-electron chi connectivity index (χ2n) is 11.8. The molecular weight excluding hydrogens is 382 g/mol. The second kappa shape index (κ2) is 8.90. The molecule has 176 valence electrons. The first-order chi connectivity index (χ1) is 14.7. The molecule has 0 bridgehead atoms. The van der Waals surface area contributed by atoms with Crippen LogP contribution in [0.1, 0.15) is 73.1 Å². The minimum absolute atomic E-state index is 0.0800. The van der Waals surface area contributed by atoms with Crippen LogP contribution in [0.15, 0.2) is 23.3 Å². The van der Waals surface area contributed by atoms with Crippen LogP contribution in [0.3, 0.4) is 0 Å². The summed E-state index contributed by atoms with van der Waals surface area (Å²) < 4.78 is 0. The van der Waals surface area contributed by atoms with Crippen LogP contribution in [0.25, 0.3) is 0 Å². The first-order valence-electron chi connectivity index (χ1n) is 12.8. The van der Waals surface area contributed by atoms with Gasteiger partial charge >= 0.3 is 0 Å². The molecule has 4 aliphatic rings. The summed E-state index contributed by atoms with van der Waals surface area (Å²) >= 11 is 0. The van der Waals surface area contributed by atoms with Crippen molar-refractivity contribution in [3.63, 3.8) is 0 Å². The lowest BCUT2D eigenvalue weighted by molar-refractivity contribution is -0.899. The van der Waals surface area contributed by atoms with Gasteiger partial charge in [0, 0.05) is 13.2 Å². The van der Waals surface area contributed by atoms with E-state index >= 15 is 0 Å². The Bertz CT molecular complexity index is 717. The number of fused-ring (bicyclic) bond motifs is 2. The smallest absolute Gasteiger partial charge is 0.146 e. The van der Waals surface area contributed by atoms with Gasteiger partial charge in [-0.05, 0) is 75.0 Å². The van der Waals surface area contributed by atoms with Gasteiger partial charge < -0.3 is 10.6 Å².